The van der Waals surface area contributed by atoms with Crippen LogP contribution in [0.15, 0.2) is 12.2 Å². The summed E-state index contributed by atoms with van der Waals surface area (Å²) in [4.78, 5) is 20.1. The minimum Gasteiger partial charge on any atom is -0.320 e. The van der Waals surface area contributed by atoms with Gasteiger partial charge in [-0.05, 0) is 0 Å². The number of hydrogen-bond acceptors (Lipinski definition) is 4. The third kappa shape index (κ3) is 2.58. The summed E-state index contributed by atoms with van der Waals surface area (Å²) in [6.07, 6.45) is 2.39. The lowest BCUT2D eigenvalue weighted by Crippen LogP contribution is -2.19. The molecule has 0 radical (unpaired) electrons. The van der Waals surface area contributed by atoms with E-state index >= 15 is 0 Å². The first-order chi connectivity index (χ1) is 4.29. The van der Waals surface area contributed by atoms with Crippen LogP contribution in [0, 0.1) is 0 Å². The summed E-state index contributed by atoms with van der Waals surface area (Å²) < 4.78 is 0. The first-order valence-corrected chi connectivity index (χ1v) is 2.08. The molecule has 4 N–H and O–H groups in total. The van der Waals surface area contributed by atoms with Gasteiger partial charge in [-0.3, -0.25) is 14.9 Å². The van der Waals surface area contributed by atoms with E-state index in [-0.39, 0.29) is 11.8 Å². The third-order valence-electron chi connectivity index (χ3n) is 0.632. The van der Waals surface area contributed by atoms with Gasteiger partial charge in [0.05, 0.1) is 0 Å². The van der Waals surface area contributed by atoms with Crippen LogP contribution in [0.1, 0.15) is 0 Å². The highest BCUT2D eigenvalue weighted by atomic mass is 16.4. The molecule has 0 aliphatic carbocycles. The molecule has 5 nitrogen and oxygen atoms in total. The molecule has 1 aliphatic heterocycles. The van der Waals surface area contributed by atoms with Gasteiger partial charge < -0.3 is 5.21 Å². The van der Waals surface area contributed by atoms with Gasteiger partial charge in [-0.15, -0.1) is 0 Å². The quantitative estimate of drug-likeness (QED) is 0.276. The fourth-order valence-electron chi connectivity index (χ4n) is 0.356. The molecule has 0 bridgehead atoms. The van der Waals surface area contributed by atoms with E-state index in [0.717, 1.165) is 0 Å². The molecule has 0 atom stereocenters. The maximum atomic E-state index is 10.0. The Kier molecular flexibility index (Phi) is 3.26. The van der Waals surface area contributed by atoms with E-state index in [4.69, 9.17) is 5.21 Å². The average molecular weight is 130 g/mol. The van der Waals surface area contributed by atoms with Crippen LogP contribution in [-0.2, 0) is 9.59 Å². The second kappa shape index (κ2) is 3.76. The van der Waals surface area contributed by atoms with Gasteiger partial charge in [0.25, 0.3) is 11.8 Å². The van der Waals surface area contributed by atoms with Crippen LogP contribution in [0.25, 0.3) is 0 Å². The van der Waals surface area contributed by atoms with E-state index in [2.05, 4.69) is 5.90 Å². The molecule has 1 aliphatic rings. The molecule has 0 fully saturated rings. The molecule has 0 saturated carbocycles. The summed E-state index contributed by atoms with van der Waals surface area (Å²) in [5.41, 5.74) is 0. The summed E-state index contributed by atoms with van der Waals surface area (Å²) >= 11 is 0. The number of nitrogens with two attached hydrogens (primary N) is 1. The SMILES string of the molecule is NO.O=C1C=CC(=O)N1. The highest BCUT2D eigenvalue weighted by molar-refractivity contribution is 6.12. The molecule has 0 aromatic carbocycles. The van der Waals surface area contributed by atoms with Crippen molar-refractivity contribution in [3.05, 3.63) is 12.2 Å². The molecule has 0 aromatic rings. The van der Waals surface area contributed by atoms with Crippen molar-refractivity contribution in [2.45, 2.75) is 0 Å². The van der Waals surface area contributed by atoms with Gasteiger partial charge >= 0.3 is 0 Å². The summed E-state index contributed by atoms with van der Waals surface area (Å²) in [7, 11) is 0. The van der Waals surface area contributed by atoms with Crippen LogP contribution in [0.5, 0.6) is 0 Å². The van der Waals surface area contributed by atoms with Crippen LogP contribution < -0.4 is 11.2 Å². The Labute approximate surface area is 51.1 Å². The lowest BCUT2D eigenvalue weighted by molar-refractivity contribution is -0.123. The summed E-state index contributed by atoms with van der Waals surface area (Å²) in [5, 5.41) is 8.53. The molecular formula is C4H6N2O3. The summed E-state index contributed by atoms with van der Waals surface area (Å²) in [6, 6.07) is 0. The first-order valence-electron chi connectivity index (χ1n) is 2.08. The fourth-order valence-corrected chi connectivity index (χ4v) is 0.356. The standard InChI is InChI=1S/C4H3NO2.H3NO/c6-3-1-2-4(7)5-3;1-2/h1-2H,(H,5,6,7);2H,1H2. The van der Waals surface area contributed by atoms with Crippen LogP contribution >= 0.6 is 0 Å². The Morgan fingerprint density at radius 2 is 1.56 bits per heavy atom. The maximum Gasteiger partial charge on any atom is 0.250 e. The smallest absolute Gasteiger partial charge is 0.250 e. The zero-order valence-electron chi connectivity index (χ0n) is 4.50. The third-order valence-corrected chi connectivity index (χ3v) is 0.632. The highest BCUT2D eigenvalue weighted by Gasteiger charge is 2.06. The predicted octanol–water partition coefficient (Wildman–Crippen LogP) is -1.47. The van der Waals surface area contributed by atoms with Gasteiger partial charge in [0.1, 0.15) is 0 Å². The number of nitrogens with one attached hydrogen (secondary N) is 1. The second-order valence-corrected chi connectivity index (χ2v) is 1.19. The first kappa shape index (κ1) is 7.80. The molecule has 5 heteroatoms. The van der Waals surface area contributed by atoms with Crippen LogP contribution in [0.3, 0.4) is 0 Å². The Hall–Kier alpha value is -1.20. The molecular weight excluding hydrogens is 124 g/mol. The fraction of sp³-hybridized carbons (Fsp3) is 0. The van der Waals surface area contributed by atoms with Gasteiger partial charge in [0.2, 0.25) is 0 Å². The van der Waals surface area contributed by atoms with E-state index < -0.39 is 0 Å². The number of carbonyl (C=O) groups excluding carboxylic acids is 2. The average Bonchev–Trinajstić information content (AvgIpc) is 2.20. The zero-order valence-corrected chi connectivity index (χ0v) is 4.50. The molecule has 0 saturated heterocycles. The predicted molar refractivity (Wildman–Crippen MR) is 28.3 cm³/mol. The Morgan fingerprint density at radius 1 is 1.22 bits per heavy atom. The van der Waals surface area contributed by atoms with Crippen molar-refractivity contribution in [3.8, 4) is 0 Å². The molecule has 1 rings (SSSR count). The van der Waals surface area contributed by atoms with Gasteiger partial charge in [0, 0.05) is 12.2 Å². The summed E-state index contributed by atoms with van der Waals surface area (Å²) in [6.45, 7) is 0. The number of amides is 2. The van der Waals surface area contributed by atoms with Crippen molar-refractivity contribution < 1.29 is 14.8 Å². The second-order valence-electron chi connectivity index (χ2n) is 1.19. The van der Waals surface area contributed by atoms with E-state index in [0.29, 0.717) is 0 Å². The van der Waals surface area contributed by atoms with Gasteiger partial charge in [-0.2, -0.15) is 0 Å². The Balaban J connectivity index is 0.000000291. The van der Waals surface area contributed by atoms with Crippen molar-refractivity contribution in [1.82, 2.24) is 5.32 Å². The van der Waals surface area contributed by atoms with Gasteiger partial charge in [-0.25, -0.2) is 5.90 Å². The van der Waals surface area contributed by atoms with Gasteiger partial charge in [0.15, 0.2) is 0 Å². The lowest BCUT2D eigenvalue weighted by atomic mass is 10.6. The zero-order chi connectivity index (χ0) is 7.28. The van der Waals surface area contributed by atoms with Crippen molar-refractivity contribution in [2.75, 3.05) is 0 Å². The van der Waals surface area contributed by atoms with E-state index in [1.165, 1.54) is 12.2 Å². The van der Waals surface area contributed by atoms with Gasteiger partial charge in [-0.1, -0.05) is 0 Å². The normalized spacial score (nSPS) is 14.4. The molecule has 0 aromatic heterocycles. The van der Waals surface area contributed by atoms with Crippen LogP contribution in [0.4, 0.5) is 0 Å². The van der Waals surface area contributed by atoms with E-state index in [1.54, 1.807) is 0 Å². The molecule has 2 amide bonds. The molecule has 50 valence electrons. The number of rotatable bonds is 0. The number of carbonyl (C=O) groups is 2. The van der Waals surface area contributed by atoms with Crippen molar-refractivity contribution in [2.24, 2.45) is 5.90 Å². The molecule has 0 unspecified atom stereocenters. The van der Waals surface area contributed by atoms with E-state index in [1.807, 2.05) is 5.32 Å². The van der Waals surface area contributed by atoms with Crippen molar-refractivity contribution >= 4 is 11.8 Å². The van der Waals surface area contributed by atoms with Crippen LogP contribution in [-0.4, -0.2) is 17.0 Å². The monoisotopic (exact) mass is 130 g/mol. The van der Waals surface area contributed by atoms with Crippen molar-refractivity contribution in [1.29, 1.82) is 0 Å². The minimum atomic E-state index is -0.329. The van der Waals surface area contributed by atoms with Crippen LogP contribution in [0.2, 0.25) is 0 Å². The Bertz CT molecular complexity index is 136. The topological polar surface area (TPSA) is 92.4 Å². The number of hydrogen-bond donors (Lipinski definition) is 3. The highest BCUT2D eigenvalue weighted by Crippen LogP contribution is 1.82. The maximum absolute atomic E-state index is 10.0. The Morgan fingerprint density at radius 3 is 1.67 bits per heavy atom. The largest absolute Gasteiger partial charge is 0.320 e. The van der Waals surface area contributed by atoms with E-state index in [9.17, 15) is 9.59 Å². The lowest BCUT2D eigenvalue weighted by Gasteiger charge is -1.80. The summed E-state index contributed by atoms with van der Waals surface area (Å²) in [5.74, 6) is 2.84. The number of imide groups is 1. The molecule has 0 spiro atoms. The minimum absolute atomic E-state index is 0.329. The molecule has 9 heavy (non-hydrogen) atoms. The van der Waals surface area contributed by atoms with Crippen molar-refractivity contribution in [3.63, 3.8) is 0 Å². The molecule has 1 heterocycles.